The Morgan fingerprint density at radius 3 is 2.84 bits per heavy atom. The first-order valence-corrected chi connectivity index (χ1v) is 7.46. The standard InChI is InChI=1S/C11H7BrN4O2S/c12-8-2-1-3-9(4-8)19(17,18)16-7-15-11-10(16)5-13-6-14-11/h1-7H. The van der Waals surface area contributed by atoms with Crippen molar-refractivity contribution in [1.82, 2.24) is 18.9 Å². The number of hydrogen-bond donors (Lipinski definition) is 0. The van der Waals surface area contributed by atoms with Gasteiger partial charge in [0.15, 0.2) is 5.65 Å². The predicted octanol–water partition coefficient (Wildman–Crippen LogP) is 1.83. The van der Waals surface area contributed by atoms with Crippen molar-refractivity contribution in [2.75, 3.05) is 0 Å². The molecule has 0 spiro atoms. The minimum atomic E-state index is -3.70. The molecule has 2 aromatic heterocycles. The van der Waals surface area contributed by atoms with Gasteiger partial charge in [-0.15, -0.1) is 0 Å². The molecule has 0 radical (unpaired) electrons. The summed E-state index contributed by atoms with van der Waals surface area (Å²) in [5.74, 6) is 0. The zero-order chi connectivity index (χ0) is 13.5. The van der Waals surface area contributed by atoms with Crippen LogP contribution in [0.25, 0.3) is 11.2 Å². The van der Waals surface area contributed by atoms with Gasteiger partial charge in [0.05, 0.1) is 11.1 Å². The van der Waals surface area contributed by atoms with Crippen LogP contribution in [0.2, 0.25) is 0 Å². The zero-order valence-corrected chi connectivity index (χ0v) is 11.8. The van der Waals surface area contributed by atoms with Gasteiger partial charge in [-0.2, -0.15) is 0 Å². The molecule has 0 unspecified atom stereocenters. The van der Waals surface area contributed by atoms with E-state index < -0.39 is 10.0 Å². The Balaban J connectivity index is 2.26. The van der Waals surface area contributed by atoms with Gasteiger partial charge in [-0.25, -0.2) is 27.3 Å². The highest BCUT2D eigenvalue weighted by Crippen LogP contribution is 2.21. The summed E-state index contributed by atoms with van der Waals surface area (Å²) >= 11 is 3.25. The molecule has 19 heavy (non-hydrogen) atoms. The van der Waals surface area contributed by atoms with E-state index in [2.05, 4.69) is 30.9 Å². The molecule has 1 aromatic carbocycles. The van der Waals surface area contributed by atoms with E-state index >= 15 is 0 Å². The Labute approximate surface area is 117 Å². The Kier molecular flexibility index (Phi) is 2.83. The summed E-state index contributed by atoms with van der Waals surface area (Å²) in [7, 11) is -3.70. The topological polar surface area (TPSA) is 77.7 Å². The number of nitrogens with zero attached hydrogens (tertiary/aromatic N) is 4. The van der Waals surface area contributed by atoms with Crippen LogP contribution in [-0.4, -0.2) is 27.3 Å². The number of hydrogen-bond acceptors (Lipinski definition) is 5. The van der Waals surface area contributed by atoms with E-state index in [1.807, 2.05) is 0 Å². The largest absolute Gasteiger partial charge is 0.269 e. The predicted molar refractivity (Wildman–Crippen MR) is 72.0 cm³/mol. The SMILES string of the molecule is O=S(=O)(c1cccc(Br)c1)n1cnc2ncncc21. The Morgan fingerprint density at radius 1 is 1.21 bits per heavy atom. The molecule has 0 aliphatic heterocycles. The quantitative estimate of drug-likeness (QED) is 0.712. The fourth-order valence-electron chi connectivity index (χ4n) is 1.67. The average molecular weight is 339 g/mol. The van der Waals surface area contributed by atoms with Gasteiger partial charge >= 0.3 is 0 Å². The first kappa shape index (κ1) is 12.2. The van der Waals surface area contributed by atoms with E-state index in [9.17, 15) is 8.42 Å². The van der Waals surface area contributed by atoms with Crippen LogP contribution in [0.1, 0.15) is 0 Å². The monoisotopic (exact) mass is 338 g/mol. The molecular weight excluding hydrogens is 332 g/mol. The second-order valence-electron chi connectivity index (χ2n) is 3.73. The van der Waals surface area contributed by atoms with Crippen molar-refractivity contribution in [3.8, 4) is 0 Å². The zero-order valence-electron chi connectivity index (χ0n) is 9.43. The van der Waals surface area contributed by atoms with Crippen LogP contribution in [0.4, 0.5) is 0 Å². The first-order chi connectivity index (χ1) is 9.09. The maximum Gasteiger partial charge on any atom is 0.269 e. The van der Waals surface area contributed by atoms with Crippen LogP contribution in [0.15, 0.2) is 52.5 Å². The maximum atomic E-state index is 12.5. The van der Waals surface area contributed by atoms with Crippen LogP contribution in [0, 0.1) is 0 Å². The lowest BCUT2D eigenvalue weighted by Crippen LogP contribution is -2.11. The van der Waals surface area contributed by atoms with Gasteiger partial charge in [0, 0.05) is 4.47 Å². The molecule has 8 heteroatoms. The number of rotatable bonds is 2. The molecule has 0 aliphatic carbocycles. The average Bonchev–Trinajstić information content (AvgIpc) is 2.83. The first-order valence-electron chi connectivity index (χ1n) is 5.23. The number of imidazole rings is 1. The van der Waals surface area contributed by atoms with Crippen LogP contribution in [-0.2, 0) is 10.0 Å². The van der Waals surface area contributed by atoms with Crippen LogP contribution in [0.3, 0.4) is 0 Å². The van der Waals surface area contributed by atoms with Crippen LogP contribution in [0.5, 0.6) is 0 Å². The summed E-state index contributed by atoms with van der Waals surface area (Å²) in [4.78, 5) is 11.9. The normalized spacial score (nSPS) is 11.8. The van der Waals surface area contributed by atoms with E-state index in [-0.39, 0.29) is 4.90 Å². The highest BCUT2D eigenvalue weighted by atomic mass is 79.9. The van der Waals surface area contributed by atoms with Gasteiger partial charge < -0.3 is 0 Å². The van der Waals surface area contributed by atoms with Gasteiger partial charge in [-0.05, 0) is 18.2 Å². The lowest BCUT2D eigenvalue weighted by atomic mass is 10.4. The van der Waals surface area contributed by atoms with E-state index in [0.29, 0.717) is 15.6 Å². The van der Waals surface area contributed by atoms with Crippen molar-refractivity contribution in [2.45, 2.75) is 4.90 Å². The minimum Gasteiger partial charge on any atom is -0.242 e. The van der Waals surface area contributed by atoms with E-state index in [1.54, 1.807) is 12.1 Å². The summed E-state index contributed by atoms with van der Waals surface area (Å²) < 4.78 is 26.8. The third kappa shape index (κ3) is 2.02. The second-order valence-corrected chi connectivity index (χ2v) is 6.46. The fourth-order valence-corrected chi connectivity index (χ4v) is 3.54. The lowest BCUT2D eigenvalue weighted by Gasteiger charge is -2.06. The third-order valence-electron chi connectivity index (χ3n) is 2.55. The van der Waals surface area contributed by atoms with Gasteiger partial charge in [0.1, 0.15) is 18.2 Å². The van der Waals surface area contributed by atoms with Crippen molar-refractivity contribution in [3.63, 3.8) is 0 Å². The van der Waals surface area contributed by atoms with Crippen molar-refractivity contribution in [1.29, 1.82) is 0 Å². The number of fused-ring (bicyclic) bond motifs is 1. The van der Waals surface area contributed by atoms with Gasteiger partial charge in [0.2, 0.25) is 0 Å². The summed E-state index contributed by atoms with van der Waals surface area (Å²) in [6.07, 6.45) is 3.98. The molecule has 0 saturated carbocycles. The van der Waals surface area contributed by atoms with Crippen molar-refractivity contribution in [2.24, 2.45) is 0 Å². The Hall–Kier alpha value is -1.80. The molecule has 2 heterocycles. The Morgan fingerprint density at radius 2 is 2.05 bits per heavy atom. The molecule has 0 fully saturated rings. The molecule has 6 nitrogen and oxygen atoms in total. The molecule has 0 aliphatic rings. The molecule has 96 valence electrons. The molecule has 0 N–H and O–H groups in total. The third-order valence-corrected chi connectivity index (χ3v) is 4.70. The molecule has 3 aromatic rings. The summed E-state index contributed by atoms with van der Waals surface area (Å²) in [5, 5.41) is 0. The fraction of sp³-hybridized carbons (Fsp3) is 0. The second kappa shape index (κ2) is 4.39. The number of aromatic nitrogens is 4. The molecular formula is C11H7BrN4O2S. The molecule has 0 saturated heterocycles. The number of halogens is 1. The van der Waals surface area contributed by atoms with E-state index in [4.69, 9.17) is 0 Å². The van der Waals surface area contributed by atoms with Crippen molar-refractivity contribution >= 4 is 37.1 Å². The summed E-state index contributed by atoms with van der Waals surface area (Å²) in [5.41, 5.74) is 0.691. The van der Waals surface area contributed by atoms with Crippen molar-refractivity contribution in [3.05, 3.63) is 47.6 Å². The van der Waals surface area contributed by atoms with Gasteiger partial charge in [0.25, 0.3) is 10.0 Å². The lowest BCUT2D eigenvalue weighted by molar-refractivity contribution is 0.588. The Bertz CT molecular complexity index is 860. The maximum absolute atomic E-state index is 12.5. The van der Waals surface area contributed by atoms with Gasteiger partial charge in [-0.1, -0.05) is 22.0 Å². The van der Waals surface area contributed by atoms with Crippen LogP contribution >= 0.6 is 15.9 Å². The highest BCUT2D eigenvalue weighted by molar-refractivity contribution is 9.10. The van der Waals surface area contributed by atoms with Gasteiger partial charge in [-0.3, -0.25) is 0 Å². The minimum absolute atomic E-state index is 0.171. The van der Waals surface area contributed by atoms with E-state index in [1.165, 1.54) is 31.0 Å². The highest BCUT2D eigenvalue weighted by Gasteiger charge is 2.20. The molecule has 0 amide bonds. The van der Waals surface area contributed by atoms with Crippen molar-refractivity contribution < 1.29 is 8.42 Å². The molecule has 0 atom stereocenters. The smallest absolute Gasteiger partial charge is 0.242 e. The molecule has 0 bridgehead atoms. The summed E-state index contributed by atoms with van der Waals surface area (Å²) in [6, 6.07) is 6.47. The van der Waals surface area contributed by atoms with E-state index in [0.717, 1.165) is 3.97 Å². The molecule has 3 rings (SSSR count). The van der Waals surface area contributed by atoms with Crippen LogP contribution < -0.4 is 0 Å². The number of benzene rings is 1. The summed E-state index contributed by atoms with van der Waals surface area (Å²) in [6.45, 7) is 0.